The van der Waals surface area contributed by atoms with Gasteiger partial charge in [0, 0.05) is 44.3 Å². The third-order valence-electron chi connectivity index (χ3n) is 4.85. The molecule has 0 unspecified atom stereocenters. The van der Waals surface area contributed by atoms with Crippen molar-refractivity contribution in [3.63, 3.8) is 0 Å². The Labute approximate surface area is 149 Å². The first-order valence-corrected chi connectivity index (χ1v) is 8.73. The molecule has 2 aromatic rings. The van der Waals surface area contributed by atoms with Gasteiger partial charge in [-0.3, -0.25) is 14.7 Å². The number of carbonyl (C=O) groups is 1. The first kappa shape index (κ1) is 17.4. The quantitative estimate of drug-likeness (QED) is 0.858. The number of carbonyl (C=O) groups excluding carboxylic acids is 1. The van der Waals surface area contributed by atoms with Crippen molar-refractivity contribution < 1.29 is 4.79 Å². The second-order valence-corrected chi connectivity index (χ2v) is 6.74. The van der Waals surface area contributed by atoms with Crippen LogP contribution in [0.5, 0.6) is 0 Å². The smallest absolute Gasteiger partial charge is 0.244 e. The number of hydrogen-bond donors (Lipinski definition) is 0. The summed E-state index contributed by atoms with van der Waals surface area (Å²) in [7, 11) is 3.95. The predicted molar refractivity (Wildman–Crippen MR) is 101 cm³/mol. The van der Waals surface area contributed by atoms with Crippen molar-refractivity contribution in [2.45, 2.75) is 13.0 Å². The van der Waals surface area contributed by atoms with Gasteiger partial charge in [-0.25, -0.2) is 0 Å². The molecule has 0 saturated carbocycles. The Bertz CT molecular complexity index is 709. The molecule has 1 aromatic carbocycles. The standard InChI is InChI=1S/C20H26N4O/c1-16-6-4-5-7-18(16)19(22(2)3)20(25)24-14-12-23(13-15-24)17-8-10-21-11-9-17/h4-11,19H,12-15H2,1-3H3/t19-/m0/s1. The van der Waals surface area contributed by atoms with Gasteiger partial charge in [-0.15, -0.1) is 0 Å². The van der Waals surface area contributed by atoms with Crippen LogP contribution in [-0.4, -0.2) is 61.0 Å². The highest BCUT2D eigenvalue weighted by atomic mass is 16.2. The normalized spacial score (nSPS) is 16.2. The highest BCUT2D eigenvalue weighted by Gasteiger charge is 2.30. The van der Waals surface area contributed by atoms with Gasteiger partial charge in [-0.05, 0) is 44.3 Å². The number of aryl methyl sites for hydroxylation is 1. The van der Waals surface area contributed by atoms with Crippen molar-refractivity contribution >= 4 is 11.6 Å². The number of piperazine rings is 1. The molecule has 0 bridgehead atoms. The van der Waals surface area contributed by atoms with E-state index in [-0.39, 0.29) is 11.9 Å². The summed E-state index contributed by atoms with van der Waals surface area (Å²) in [5.74, 6) is 0.189. The zero-order valence-electron chi connectivity index (χ0n) is 15.2. The maximum atomic E-state index is 13.2. The third-order valence-corrected chi connectivity index (χ3v) is 4.85. The molecule has 3 rings (SSSR count). The third kappa shape index (κ3) is 3.82. The molecule has 1 aliphatic rings. The fraction of sp³-hybridized carbons (Fsp3) is 0.400. The molecule has 5 nitrogen and oxygen atoms in total. The van der Waals surface area contributed by atoms with Crippen molar-refractivity contribution in [2.24, 2.45) is 0 Å². The summed E-state index contributed by atoms with van der Waals surface area (Å²) in [6.07, 6.45) is 3.63. The molecular formula is C20H26N4O. The van der Waals surface area contributed by atoms with Crippen molar-refractivity contribution in [1.29, 1.82) is 0 Å². The van der Waals surface area contributed by atoms with Crippen molar-refractivity contribution in [2.75, 3.05) is 45.2 Å². The zero-order valence-corrected chi connectivity index (χ0v) is 15.2. The van der Waals surface area contributed by atoms with Crippen LogP contribution in [-0.2, 0) is 4.79 Å². The Morgan fingerprint density at radius 3 is 2.28 bits per heavy atom. The molecule has 1 aromatic heterocycles. The van der Waals surface area contributed by atoms with Gasteiger partial charge in [-0.1, -0.05) is 24.3 Å². The summed E-state index contributed by atoms with van der Waals surface area (Å²) in [6.45, 7) is 5.27. The molecule has 1 amide bonds. The lowest BCUT2D eigenvalue weighted by atomic mass is 9.99. The number of rotatable bonds is 4. The number of likely N-dealkylation sites (N-methyl/N-ethyl adjacent to an activating group) is 1. The summed E-state index contributed by atoms with van der Waals surface area (Å²) >= 11 is 0. The van der Waals surface area contributed by atoms with E-state index in [2.05, 4.69) is 28.9 Å². The van der Waals surface area contributed by atoms with Crippen molar-refractivity contribution in [3.05, 3.63) is 59.9 Å². The van der Waals surface area contributed by atoms with Gasteiger partial charge in [0.1, 0.15) is 6.04 Å². The minimum absolute atomic E-state index is 0.189. The van der Waals surface area contributed by atoms with Crippen LogP contribution in [0, 0.1) is 6.92 Å². The lowest BCUT2D eigenvalue weighted by Crippen LogP contribution is -2.51. The van der Waals surface area contributed by atoms with Gasteiger partial charge in [-0.2, -0.15) is 0 Å². The van der Waals surface area contributed by atoms with Crippen LogP contribution in [0.3, 0.4) is 0 Å². The topological polar surface area (TPSA) is 39.7 Å². The molecular weight excluding hydrogens is 312 g/mol. The molecule has 0 aliphatic carbocycles. The summed E-state index contributed by atoms with van der Waals surface area (Å²) in [5, 5.41) is 0. The summed E-state index contributed by atoms with van der Waals surface area (Å²) in [6, 6.07) is 12.0. The van der Waals surface area contributed by atoms with Crippen LogP contribution >= 0.6 is 0 Å². The highest BCUT2D eigenvalue weighted by molar-refractivity contribution is 5.84. The van der Waals surface area contributed by atoms with Crippen molar-refractivity contribution in [3.8, 4) is 0 Å². The van der Waals surface area contributed by atoms with E-state index in [1.54, 1.807) is 0 Å². The van der Waals surface area contributed by atoms with Crippen LogP contribution in [0.25, 0.3) is 0 Å². The first-order valence-electron chi connectivity index (χ1n) is 8.73. The molecule has 25 heavy (non-hydrogen) atoms. The van der Waals surface area contributed by atoms with Crippen LogP contribution in [0.2, 0.25) is 0 Å². The van der Waals surface area contributed by atoms with E-state index in [4.69, 9.17) is 0 Å². The van der Waals surface area contributed by atoms with E-state index in [0.717, 1.165) is 37.3 Å². The molecule has 5 heteroatoms. The van der Waals surface area contributed by atoms with Gasteiger partial charge in [0.25, 0.3) is 0 Å². The van der Waals surface area contributed by atoms with E-state index in [9.17, 15) is 4.79 Å². The van der Waals surface area contributed by atoms with Gasteiger partial charge in [0.05, 0.1) is 0 Å². The second kappa shape index (κ2) is 7.66. The molecule has 0 spiro atoms. The first-order chi connectivity index (χ1) is 12.1. The molecule has 2 heterocycles. The van der Waals surface area contributed by atoms with Gasteiger partial charge in [0.2, 0.25) is 5.91 Å². The number of amides is 1. The fourth-order valence-electron chi connectivity index (χ4n) is 3.44. The second-order valence-electron chi connectivity index (χ2n) is 6.74. The summed E-state index contributed by atoms with van der Waals surface area (Å²) in [5.41, 5.74) is 3.42. The Balaban J connectivity index is 1.71. The van der Waals surface area contributed by atoms with Crippen LogP contribution < -0.4 is 4.90 Å². The van der Waals surface area contributed by atoms with Gasteiger partial charge >= 0.3 is 0 Å². The number of benzene rings is 1. The van der Waals surface area contributed by atoms with Crippen LogP contribution in [0.1, 0.15) is 17.2 Å². The van der Waals surface area contributed by atoms with Crippen LogP contribution in [0.15, 0.2) is 48.8 Å². The highest BCUT2D eigenvalue weighted by Crippen LogP contribution is 2.25. The molecule has 132 valence electrons. The van der Waals surface area contributed by atoms with Crippen LogP contribution in [0.4, 0.5) is 5.69 Å². The molecule has 1 fully saturated rings. The van der Waals surface area contributed by atoms with Crippen molar-refractivity contribution in [1.82, 2.24) is 14.8 Å². The maximum Gasteiger partial charge on any atom is 0.244 e. The number of hydrogen-bond acceptors (Lipinski definition) is 4. The average molecular weight is 338 g/mol. The van der Waals surface area contributed by atoms with Gasteiger partial charge < -0.3 is 9.80 Å². The molecule has 1 saturated heterocycles. The van der Waals surface area contributed by atoms with E-state index in [1.165, 1.54) is 5.69 Å². The lowest BCUT2D eigenvalue weighted by molar-refractivity contribution is -0.136. The monoisotopic (exact) mass is 338 g/mol. The molecule has 1 aliphatic heterocycles. The summed E-state index contributed by atoms with van der Waals surface area (Å²) in [4.78, 5) is 23.6. The largest absolute Gasteiger partial charge is 0.368 e. The minimum Gasteiger partial charge on any atom is -0.368 e. The molecule has 0 radical (unpaired) electrons. The number of pyridine rings is 1. The number of anilines is 1. The van der Waals surface area contributed by atoms with E-state index >= 15 is 0 Å². The Morgan fingerprint density at radius 2 is 1.68 bits per heavy atom. The Hall–Kier alpha value is -2.40. The lowest BCUT2D eigenvalue weighted by Gasteiger charge is -2.39. The SMILES string of the molecule is Cc1ccccc1[C@@H](C(=O)N1CCN(c2ccncc2)CC1)N(C)C. The summed E-state index contributed by atoms with van der Waals surface area (Å²) < 4.78 is 0. The Kier molecular flexibility index (Phi) is 5.34. The molecule has 1 atom stereocenters. The molecule has 0 N–H and O–H groups in total. The van der Waals surface area contributed by atoms with E-state index in [1.807, 2.05) is 60.6 Å². The van der Waals surface area contributed by atoms with Gasteiger partial charge in [0.15, 0.2) is 0 Å². The fourth-order valence-corrected chi connectivity index (χ4v) is 3.44. The van der Waals surface area contributed by atoms with E-state index < -0.39 is 0 Å². The van der Waals surface area contributed by atoms with E-state index in [0.29, 0.717) is 0 Å². The minimum atomic E-state index is -0.228. The number of aromatic nitrogens is 1. The maximum absolute atomic E-state index is 13.2. The average Bonchev–Trinajstić information content (AvgIpc) is 2.64. The zero-order chi connectivity index (χ0) is 17.8. The Morgan fingerprint density at radius 1 is 1.04 bits per heavy atom. The predicted octanol–water partition coefficient (Wildman–Crippen LogP) is 2.34. The number of nitrogens with zero attached hydrogens (tertiary/aromatic N) is 4.